The van der Waals surface area contributed by atoms with Gasteiger partial charge in [0.2, 0.25) is 11.8 Å². The standard InChI is InChI=1S/C17H17FN2O2/c18-14-9-6-12(7-10-14)8-11-15(21)20-16(17(19)22)13-4-2-1-3-5-13/h1-7,9-10,16H,8,11H2,(H2,19,22)(H,20,21). The number of rotatable bonds is 6. The third-order valence-corrected chi connectivity index (χ3v) is 3.28. The van der Waals surface area contributed by atoms with Crippen molar-refractivity contribution in [2.24, 2.45) is 5.73 Å². The van der Waals surface area contributed by atoms with Crippen molar-refractivity contribution >= 4 is 11.8 Å². The number of primary amides is 1. The first-order valence-electron chi connectivity index (χ1n) is 6.94. The van der Waals surface area contributed by atoms with Gasteiger partial charge in [0.1, 0.15) is 11.9 Å². The van der Waals surface area contributed by atoms with Gasteiger partial charge in [-0.25, -0.2) is 4.39 Å². The van der Waals surface area contributed by atoms with Crippen LogP contribution in [0.15, 0.2) is 54.6 Å². The van der Waals surface area contributed by atoms with Crippen molar-refractivity contribution in [2.45, 2.75) is 18.9 Å². The zero-order chi connectivity index (χ0) is 15.9. The molecule has 114 valence electrons. The molecule has 3 N–H and O–H groups in total. The number of nitrogens with one attached hydrogen (secondary N) is 1. The lowest BCUT2D eigenvalue weighted by molar-refractivity contribution is -0.127. The molecule has 0 aromatic heterocycles. The van der Waals surface area contributed by atoms with E-state index in [-0.39, 0.29) is 18.1 Å². The third kappa shape index (κ3) is 4.41. The first-order chi connectivity index (χ1) is 10.6. The molecule has 1 unspecified atom stereocenters. The van der Waals surface area contributed by atoms with Crippen molar-refractivity contribution in [3.05, 3.63) is 71.5 Å². The second kappa shape index (κ2) is 7.36. The lowest BCUT2D eigenvalue weighted by Gasteiger charge is -2.15. The fourth-order valence-corrected chi connectivity index (χ4v) is 2.11. The van der Waals surface area contributed by atoms with E-state index >= 15 is 0 Å². The van der Waals surface area contributed by atoms with Gasteiger partial charge in [-0.05, 0) is 29.7 Å². The van der Waals surface area contributed by atoms with Crippen molar-refractivity contribution < 1.29 is 14.0 Å². The Morgan fingerprint density at radius 3 is 2.27 bits per heavy atom. The highest BCUT2D eigenvalue weighted by atomic mass is 19.1. The van der Waals surface area contributed by atoms with Gasteiger partial charge in [0.05, 0.1) is 0 Å². The van der Waals surface area contributed by atoms with Crippen molar-refractivity contribution in [2.75, 3.05) is 0 Å². The summed E-state index contributed by atoms with van der Waals surface area (Å²) in [5.74, 6) is -1.20. The van der Waals surface area contributed by atoms with Crippen LogP contribution in [-0.2, 0) is 16.0 Å². The van der Waals surface area contributed by atoms with E-state index in [1.165, 1.54) is 12.1 Å². The molecular weight excluding hydrogens is 283 g/mol. The molecule has 0 spiro atoms. The Labute approximate surface area is 128 Å². The molecule has 2 amide bonds. The summed E-state index contributed by atoms with van der Waals surface area (Å²) < 4.78 is 12.8. The van der Waals surface area contributed by atoms with Crippen LogP contribution in [0.2, 0.25) is 0 Å². The highest BCUT2D eigenvalue weighted by Crippen LogP contribution is 2.12. The predicted molar refractivity (Wildman–Crippen MR) is 81.2 cm³/mol. The summed E-state index contributed by atoms with van der Waals surface area (Å²) in [7, 11) is 0. The number of hydrogen-bond acceptors (Lipinski definition) is 2. The molecule has 22 heavy (non-hydrogen) atoms. The second-order valence-corrected chi connectivity index (χ2v) is 4.94. The minimum Gasteiger partial charge on any atom is -0.368 e. The fraction of sp³-hybridized carbons (Fsp3) is 0.176. The average Bonchev–Trinajstić information content (AvgIpc) is 2.52. The number of aryl methyl sites for hydroxylation is 1. The molecule has 0 aliphatic heterocycles. The van der Waals surface area contributed by atoms with Gasteiger partial charge in [-0.1, -0.05) is 42.5 Å². The molecule has 0 bridgehead atoms. The number of nitrogens with two attached hydrogens (primary N) is 1. The molecule has 4 nitrogen and oxygen atoms in total. The van der Waals surface area contributed by atoms with Crippen molar-refractivity contribution in [1.29, 1.82) is 0 Å². The molecule has 2 rings (SSSR count). The van der Waals surface area contributed by atoms with E-state index in [0.29, 0.717) is 12.0 Å². The van der Waals surface area contributed by atoms with E-state index in [4.69, 9.17) is 5.73 Å². The maximum Gasteiger partial charge on any atom is 0.244 e. The van der Waals surface area contributed by atoms with Crippen LogP contribution in [0.1, 0.15) is 23.6 Å². The van der Waals surface area contributed by atoms with Crippen molar-refractivity contribution in [3.8, 4) is 0 Å². The summed E-state index contributed by atoms with van der Waals surface area (Å²) in [5.41, 5.74) is 6.84. The topological polar surface area (TPSA) is 72.2 Å². The van der Waals surface area contributed by atoms with E-state index in [2.05, 4.69) is 5.32 Å². The SMILES string of the molecule is NC(=O)C(NC(=O)CCc1ccc(F)cc1)c1ccccc1. The maximum absolute atomic E-state index is 12.8. The van der Waals surface area contributed by atoms with Crippen molar-refractivity contribution in [1.82, 2.24) is 5.32 Å². The van der Waals surface area contributed by atoms with Gasteiger partial charge in [0, 0.05) is 6.42 Å². The van der Waals surface area contributed by atoms with Gasteiger partial charge in [0.15, 0.2) is 0 Å². The van der Waals surface area contributed by atoms with Crippen LogP contribution in [0.4, 0.5) is 4.39 Å². The molecule has 2 aromatic rings. The lowest BCUT2D eigenvalue weighted by atomic mass is 10.1. The predicted octanol–water partition coefficient (Wildman–Crippen LogP) is 2.10. The summed E-state index contributed by atoms with van der Waals surface area (Å²) in [5, 5.41) is 2.63. The molecule has 0 saturated carbocycles. The largest absolute Gasteiger partial charge is 0.368 e. The fourth-order valence-electron chi connectivity index (χ4n) is 2.11. The van der Waals surface area contributed by atoms with Crippen molar-refractivity contribution in [3.63, 3.8) is 0 Å². The Balaban J connectivity index is 1.94. The molecular formula is C17H17FN2O2. The number of benzene rings is 2. The number of hydrogen-bond donors (Lipinski definition) is 2. The van der Waals surface area contributed by atoms with Crippen LogP contribution in [0.3, 0.4) is 0 Å². The zero-order valence-corrected chi connectivity index (χ0v) is 12.0. The van der Waals surface area contributed by atoms with Crippen LogP contribution in [0.5, 0.6) is 0 Å². The molecule has 0 saturated heterocycles. The Morgan fingerprint density at radius 2 is 1.68 bits per heavy atom. The third-order valence-electron chi connectivity index (χ3n) is 3.28. The minimum absolute atomic E-state index is 0.197. The van der Waals surface area contributed by atoms with Gasteiger partial charge in [-0.3, -0.25) is 9.59 Å². The molecule has 0 heterocycles. The quantitative estimate of drug-likeness (QED) is 0.857. The molecule has 0 aliphatic carbocycles. The number of halogens is 1. The summed E-state index contributed by atoms with van der Waals surface area (Å²) >= 11 is 0. The van der Waals surface area contributed by atoms with Gasteiger partial charge < -0.3 is 11.1 Å². The van der Waals surface area contributed by atoms with Crippen LogP contribution < -0.4 is 11.1 Å². The Morgan fingerprint density at radius 1 is 1.05 bits per heavy atom. The monoisotopic (exact) mass is 300 g/mol. The number of carbonyl (C=O) groups excluding carboxylic acids is 2. The minimum atomic E-state index is -0.845. The zero-order valence-electron chi connectivity index (χ0n) is 12.0. The van der Waals surface area contributed by atoms with Gasteiger partial charge in [-0.15, -0.1) is 0 Å². The molecule has 2 aromatic carbocycles. The summed E-state index contributed by atoms with van der Waals surface area (Å²) in [6.45, 7) is 0. The Kier molecular flexibility index (Phi) is 5.25. The molecule has 0 radical (unpaired) electrons. The van der Waals surface area contributed by atoms with E-state index in [1.807, 2.05) is 6.07 Å². The number of amides is 2. The van der Waals surface area contributed by atoms with Crippen LogP contribution in [0.25, 0.3) is 0 Å². The molecule has 0 fully saturated rings. The van der Waals surface area contributed by atoms with Gasteiger partial charge in [0.25, 0.3) is 0 Å². The summed E-state index contributed by atoms with van der Waals surface area (Å²) in [6.07, 6.45) is 0.661. The molecule has 0 aliphatic rings. The van der Waals surface area contributed by atoms with Crippen LogP contribution in [-0.4, -0.2) is 11.8 Å². The smallest absolute Gasteiger partial charge is 0.244 e. The normalized spacial score (nSPS) is 11.7. The van der Waals surface area contributed by atoms with Crippen LogP contribution in [0, 0.1) is 5.82 Å². The average molecular weight is 300 g/mol. The molecule has 1 atom stereocenters. The van der Waals surface area contributed by atoms with E-state index in [1.54, 1.807) is 36.4 Å². The van der Waals surface area contributed by atoms with Gasteiger partial charge >= 0.3 is 0 Å². The summed E-state index contributed by atoms with van der Waals surface area (Å²) in [4.78, 5) is 23.5. The summed E-state index contributed by atoms with van der Waals surface area (Å²) in [6, 6.07) is 13.9. The van der Waals surface area contributed by atoms with E-state index in [0.717, 1.165) is 5.56 Å². The van der Waals surface area contributed by atoms with E-state index < -0.39 is 11.9 Å². The number of carbonyl (C=O) groups is 2. The van der Waals surface area contributed by atoms with Gasteiger partial charge in [-0.2, -0.15) is 0 Å². The highest BCUT2D eigenvalue weighted by Gasteiger charge is 2.19. The first-order valence-corrected chi connectivity index (χ1v) is 6.94. The molecule has 5 heteroatoms. The second-order valence-electron chi connectivity index (χ2n) is 4.94. The highest BCUT2D eigenvalue weighted by molar-refractivity contribution is 5.87. The Bertz CT molecular complexity index is 641. The first kappa shape index (κ1) is 15.7. The lowest BCUT2D eigenvalue weighted by Crippen LogP contribution is -2.37. The van der Waals surface area contributed by atoms with E-state index in [9.17, 15) is 14.0 Å². The maximum atomic E-state index is 12.8. The Hall–Kier alpha value is -2.69. The van der Waals surface area contributed by atoms with Crippen LogP contribution >= 0.6 is 0 Å².